The second-order valence-electron chi connectivity index (χ2n) is 5.39. The highest BCUT2D eigenvalue weighted by Crippen LogP contribution is 2.19. The Morgan fingerprint density at radius 1 is 1.26 bits per heavy atom. The third-order valence-corrected chi connectivity index (χ3v) is 3.82. The van der Waals surface area contributed by atoms with Gasteiger partial charge in [-0.25, -0.2) is 10.4 Å². The number of hydrazone groups is 1. The number of aromatic nitrogens is 1. The Hall–Kier alpha value is -3.52. The molecule has 9 heteroatoms. The predicted molar refractivity (Wildman–Crippen MR) is 101 cm³/mol. The summed E-state index contributed by atoms with van der Waals surface area (Å²) in [5, 5.41) is 15.6. The van der Waals surface area contributed by atoms with E-state index in [0.717, 1.165) is 10.9 Å². The molecule has 1 amide bonds. The fourth-order valence-corrected chi connectivity index (χ4v) is 2.41. The molecular formula is C18H13ClN4O4. The van der Waals surface area contributed by atoms with Gasteiger partial charge in [0.25, 0.3) is 11.6 Å². The van der Waals surface area contributed by atoms with E-state index in [-0.39, 0.29) is 17.4 Å². The summed E-state index contributed by atoms with van der Waals surface area (Å²) in [6.45, 7) is -0.293. The molecule has 1 aromatic heterocycles. The Morgan fingerprint density at radius 3 is 2.74 bits per heavy atom. The largest absolute Gasteiger partial charge is 0.484 e. The van der Waals surface area contributed by atoms with Gasteiger partial charge in [0.2, 0.25) is 0 Å². The van der Waals surface area contributed by atoms with E-state index in [9.17, 15) is 14.9 Å². The summed E-state index contributed by atoms with van der Waals surface area (Å²) in [4.78, 5) is 26.1. The fraction of sp³-hybridized carbons (Fsp3) is 0.0556. The van der Waals surface area contributed by atoms with Gasteiger partial charge < -0.3 is 4.74 Å². The first-order valence-corrected chi connectivity index (χ1v) is 8.15. The zero-order valence-electron chi connectivity index (χ0n) is 13.8. The minimum atomic E-state index is -0.516. The summed E-state index contributed by atoms with van der Waals surface area (Å²) in [6, 6.07) is 14.7. The molecule has 0 aliphatic heterocycles. The fourth-order valence-electron chi connectivity index (χ4n) is 2.22. The number of nitro benzene ring substituents is 1. The summed E-state index contributed by atoms with van der Waals surface area (Å²) in [7, 11) is 0. The number of amides is 1. The molecule has 1 heterocycles. The number of hydrogen-bond donors (Lipinski definition) is 1. The van der Waals surface area contributed by atoms with Crippen molar-refractivity contribution < 1.29 is 14.5 Å². The molecule has 1 N–H and O–H groups in total. The Balaban J connectivity index is 1.55. The van der Waals surface area contributed by atoms with Crippen LogP contribution in [-0.4, -0.2) is 28.6 Å². The smallest absolute Gasteiger partial charge is 0.277 e. The van der Waals surface area contributed by atoms with Crippen LogP contribution < -0.4 is 10.2 Å². The van der Waals surface area contributed by atoms with Gasteiger partial charge in [0.15, 0.2) is 6.61 Å². The lowest BCUT2D eigenvalue weighted by Crippen LogP contribution is -2.24. The number of para-hydroxylation sites is 1. The van der Waals surface area contributed by atoms with Crippen molar-refractivity contribution in [3.8, 4) is 5.75 Å². The maximum atomic E-state index is 11.8. The molecule has 136 valence electrons. The number of non-ortho nitro benzene ring substituents is 1. The second kappa shape index (κ2) is 8.24. The number of ether oxygens (including phenoxy) is 1. The molecule has 3 rings (SSSR count). The first-order chi connectivity index (χ1) is 13.0. The molecular weight excluding hydrogens is 372 g/mol. The van der Waals surface area contributed by atoms with Gasteiger partial charge in [-0.15, -0.1) is 0 Å². The molecule has 0 saturated heterocycles. The van der Waals surface area contributed by atoms with Gasteiger partial charge in [-0.1, -0.05) is 29.8 Å². The molecule has 27 heavy (non-hydrogen) atoms. The van der Waals surface area contributed by atoms with E-state index < -0.39 is 10.8 Å². The highest BCUT2D eigenvalue weighted by molar-refractivity contribution is 6.32. The molecule has 3 aromatic rings. The van der Waals surface area contributed by atoms with E-state index >= 15 is 0 Å². The van der Waals surface area contributed by atoms with E-state index in [2.05, 4.69) is 15.5 Å². The number of pyridine rings is 1. The monoisotopic (exact) mass is 384 g/mol. The lowest BCUT2D eigenvalue weighted by atomic mass is 10.2. The number of halogens is 1. The zero-order chi connectivity index (χ0) is 19.2. The van der Waals surface area contributed by atoms with Gasteiger partial charge in [-0.2, -0.15) is 5.10 Å². The van der Waals surface area contributed by atoms with Crippen LogP contribution in [0.15, 0.2) is 59.7 Å². The molecule has 0 fully saturated rings. The van der Waals surface area contributed by atoms with Crippen LogP contribution in [0.3, 0.4) is 0 Å². The SMILES string of the molecule is O=C(COc1ccc([N+](=O)[O-])cc1)N/N=C\c1cc2ccccc2nc1Cl. The number of carbonyl (C=O) groups is 1. The molecule has 0 aliphatic carbocycles. The molecule has 0 saturated carbocycles. The zero-order valence-corrected chi connectivity index (χ0v) is 14.6. The normalized spacial score (nSPS) is 10.9. The van der Waals surface area contributed by atoms with E-state index in [1.165, 1.54) is 30.5 Å². The number of fused-ring (bicyclic) bond motifs is 1. The number of nitro groups is 1. The predicted octanol–water partition coefficient (Wildman–Crippen LogP) is 3.33. The third kappa shape index (κ3) is 4.77. The van der Waals surface area contributed by atoms with Crippen LogP contribution in [-0.2, 0) is 4.79 Å². The summed E-state index contributed by atoms with van der Waals surface area (Å²) in [5.74, 6) is -0.157. The van der Waals surface area contributed by atoms with Crippen molar-refractivity contribution in [2.75, 3.05) is 6.61 Å². The number of rotatable bonds is 6. The summed E-state index contributed by atoms with van der Waals surface area (Å²) >= 11 is 6.11. The lowest BCUT2D eigenvalue weighted by Gasteiger charge is -2.05. The quantitative estimate of drug-likeness (QED) is 0.303. The second-order valence-corrected chi connectivity index (χ2v) is 5.75. The summed E-state index contributed by atoms with van der Waals surface area (Å²) in [5.41, 5.74) is 3.59. The van der Waals surface area contributed by atoms with Gasteiger partial charge in [-0.05, 0) is 24.3 Å². The van der Waals surface area contributed by atoms with Crippen molar-refractivity contribution in [1.29, 1.82) is 0 Å². The van der Waals surface area contributed by atoms with Crippen LogP contribution in [0, 0.1) is 10.1 Å². The van der Waals surface area contributed by atoms with Crippen molar-refractivity contribution >= 4 is 40.3 Å². The van der Waals surface area contributed by atoms with Crippen LogP contribution in [0.1, 0.15) is 5.56 Å². The Kier molecular flexibility index (Phi) is 5.58. The number of carbonyl (C=O) groups excluding carboxylic acids is 1. The van der Waals surface area contributed by atoms with E-state index in [4.69, 9.17) is 16.3 Å². The maximum Gasteiger partial charge on any atom is 0.277 e. The maximum absolute atomic E-state index is 11.8. The van der Waals surface area contributed by atoms with E-state index in [1.54, 1.807) is 0 Å². The molecule has 2 aromatic carbocycles. The van der Waals surface area contributed by atoms with Crippen LogP contribution in [0.4, 0.5) is 5.69 Å². The molecule has 0 bridgehead atoms. The molecule has 0 unspecified atom stereocenters. The van der Waals surface area contributed by atoms with Crippen LogP contribution in [0.5, 0.6) is 5.75 Å². The van der Waals surface area contributed by atoms with Gasteiger partial charge in [0.1, 0.15) is 10.9 Å². The number of hydrogen-bond acceptors (Lipinski definition) is 6. The lowest BCUT2D eigenvalue weighted by molar-refractivity contribution is -0.384. The molecule has 8 nitrogen and oxygen atoms in total. The number of nitrogens with one attached hydrogen (secondary N) is 1. The minimum Gasteiger partial charge on any atom is -0.484 e. The van der Waals surface area contributed by atoms with Gasteiger partial charge in [0.05, 0.1) is 16.7 Å². The number of benzene rings is 2. The van der Waals surface area contributed by atoms with Crippen molar-refractivity contribution in [1.82, 2.24) is 10.4 Å². The van der Waals surface area contributed by atoms with Crippen molar-refractivity contribution in [3.05, 3.63) is 75.4 Å². The highest BCUT2D eigenvalue weighted by Gasteiger charge is 2.06. The molecule has 0 atom stereocenters. The van der Waals surface area contributed by atoms with Gasteiger partial charge >= 0.3 is 0 Å². The minimum absolute atomic E-state index is 0.0581. The van der Waals surface area contributed by atoms with Gasteiger partial charge in [-0.3, -0.25) is 14.9 Å². The van der Waals surface area contributed by atoms with Crippen molar-refractivity contribution in [3.63, 3.8) is 0 Å². The number of nitrogens with zero attached hydrogens (tertiary/aromatic N) is 3. The Labute approximate surface area is 158 Å². The van der Waals surface area contributed by atoms with Crippen LogP contribution in [0.25, 0.3) is 10.9 Å². The van der Waals surface area contributed by atoms with Crippen LogP contribution in [0.2, 0.25) is 5.15 Å². The average Bonchev–Trinajstić information content (AvgIpc) is 2.67. The third-order valence-electron chi connectivity index (χ3n) is 3.51. The van der Waals surface area contributed by atoms with Crippen LogP contribution >= 0.6 is 11.6 Å². The van der Waals surface area contributed by atoms with E-state index in [0.29, 0.717) is 11.3 Å². The summed E-state index contributed by atoms with van der Waals surface area (Å²) in [6.07, 6.45) is 1.39. The first-order valence-electron chi connectivity index (χ1n) is 7.77. The average molecular weight is 385 g/mol. The molecule has 0 spiro atoms. The van der Waals surface area contributed by atoms with E-state index in [1.807, 2.05) is 30.3 Å². The van der Waals surface area contributed by atoms with Crippen molar-refractivity contribution in [2.45, 2.75) is 0 Å². The molecule has 0 aliphatic rings. The van der Waals surface area contributed by atoms with Gasteiger partial charge in [0, 0.05) is 23.1 Å². The Morgan fingerprint density at radius 2 is 2.00 bits per heavy atom. The Bertz CT molecular complexity index is 1020. The highest BCUT2D eigenvalue weighted by atomic mass is 35.5. The topological polar surface area (TPSA) is 107 Å². The standard InChI is InChI=1S/C18H13ClN4O4/c19-18-13(9-12-3-1-2-4-16(12)21-18)10-20-22-17(24)11-27-15-7-5-14(6-8-15)23(25)26/h1-10H,11H2,(H,22,24)/b20-10-. The molecule has 0 radical (unpaired) electrons. The first kappa shape index (κ1) is 18.3. The summed E-state index contributed by atoms with van der Waals surface area (Å²) < 4.78 is 5.24. The van der Waals surface area contributed by atoms with Crippen molar-refractivity contribution in [2.24, 2.45) is 5.10 Å².